The Morgan fingerprint density at radius 1 is 0.963 bits per heavy atom. The minimum absolute atomic E-state index is 0.130. The van der Waals surface area contributed by atoms with Gasteiger partial charge in [0.2, 0.25) is 0 Å². The molecule has 1 atom stereocenters. The van der Waals surface area contributed by atoms with Gasteiger partial charge in [-0.1, -0.05) is 54.6 Å². The van der Waals surface area contributed by atoms with Crippen LogP contribution in [0.5, 0.6) is 0 Å². The highest BCUT2D eigenvalue weighted by Gasteiger charge is 2.23. The van der Waals surface area contributed by atoms with E-state index < -0.39 is 11.0 Å². The lowest BCUT2D eigenvalue weighted by molar-refractivity contribution is -0.384. The number of nitro groups is 1. The second-order valence-corrected chi connectivity index (χ2v) is 6.12. The van der Waals surface area contributed by atoms with E-state index in [1.807, 2.05) is 60.7 Å². The first-order chi connectivity index (χ1) is 13.0. The van der Waals surface area contributed by atoms with Gasteiger partial charge in [-0.25, -0.2) is 0 Å². The fourth-order valence-electron chi connectivity index (χ4n) is 2.75. The molecule has 1 amide bonds. The lowest BCUT2D eigenvalue weighted by atomic mass is 10.1. The maximum atomic E-state index is 13.0. The molecule has 3 rings (SSSR count). The highest BCUT2D eigenvalue weighted by Crippen LogP contribution is 2.28. The summed E-state index contributed by atoms with van der Waals surface area (Å²) in [7, 11) is 0. The summed E-state index contributed by atoms with van der Waals surface area (Å²) >= 11 is 0. The number of nitro benzene ring substituents is 1. The number of anilines is 2. The maximum absolute atomic E-state index is 13.0. The molecule has 2 N–H and O–H groups in total. The SMILES string of the molecule is Cc1ccc(NC(=O)[C@H](Nc2ccccc2)c2ccccc2)c([N+](=O)[O-])c1. The number of nitrogens with zero attached hydrogens (tertiary/aromatic N) is 1. The molecule has 3 aromatic carbocycles. The fraction of sp³-hybridized carbons (Fsp3) is 0.0952. The molecule has 0 fully saturated rings. The molecule has 0 bridgehead atoms. The number of carbonyl (C=O) groups is 1. The Labute approximate surface area is 157 Å². The molecule has 0 radical (unpaired) electrons. The van der Waals surface area contributed by atoms with Crippen molar-refractivity contribution in [3.8, 4) is 0 Å². The first kappa shape index (κ1) is 18.1. The zero-order valence-electron chi connectivity index (χ0n) is 14.8. The van der Waals surface area contributed by atoms with Crippen LogP contribution in [0, 0.1) is 17.0 Å². The van der Waals surface area contributed by atoms with E-state index >= 15 is 0 Å². The van der Waals surface area contributed by atoms with Crippen molar-refractivity contribution >= 4 is 23.0 Å². The molecule has 0 heterocycles. The number of nitrogens with one attached hydrogen (secondary N) is 2. The van der Waals surface area contributed by atoms with Crippen molar-refractivity contribution in [2.45, 2.75) is 13.0 Å². The fourth-order valence-corrected chi connectivity index (χ4v) is 2.75. The van der Waals surface area contributed by atoms with E-state index in [0.717, 1.165) is 16.8 Å². The molecule has 0 aromatic heterocycles. The third-order valence-corrected chi connectivity index (χ3v) is 4.09. The number of amides is 1. The largest absolute Gasteiger partial charge is 0.370 e. The van der Waals surface area contributed by atoms with Crippen LogP contribution >= 0.6 is 0 Å². The number of rotatable bonds is 6. The van der Waals surface area contributed by atoms with E-state index in [2.05, 4.69) is 10.6 Å². The lowest BCUT2D eigenvalue weighted by Gasteiger charge is -2.20. The van der Waals surface area contributed by atoms with Crippen LogP contribution in [0.2, 0.25) is 0 Å². The van der Waals surface area contributed by atoms with Gasteiger partial charge in [-0.3, -0.25) is 14.9 Å². The molecule has 0 saturated carbocycles. The number of benzene rings is 3. The smallest absolute Gasteiger partial charge is 0.293 e. The summed E-state index contributed by atoms with van der Waals surface area (Å²) in [4.78, 5) is 23.8. The standard InChI is InChI=1S/C21H19N3O3/c1-15-12-13-18(19(14-15)24(26)27)23-21(25)20(16-8-4-2-5-9-16)22-17-10-6-3-7-11-17/h2-14,20,22H,1H3,(H,23,25)/t20-/m1/s1. The van der Waals surface area contributed by atoms with E-state index in [0.29, 0.717) is 0 Å². The number of aryl methyl sites for hydroxylation is 1. The average Bonchev–Trinajstić information content (AvgIpc) is 2.68. The summed E-state index contributed by atoms with van der Waals surface area (Å²) in [5.41, 5.74) is 2.33. The van der Waals surface area contributed by atoms with Gasteiger partial charge in [-0.15, -0.1) is 0 Å². The average molecular weight is 361 g/mol. The van der Waals surface area contributed by atoms with Crippen LogP contribution in [-0.2, 0) is 4.79 Å². The third-order valence-electron chi connectivity index (χ3n) is 4.09. The molecule has 0 unspecified atom stereocenters. The highest BCUT2D eigenvalue weighted by molar-refractivity contribution is 5.99. The van der Waals surface area contributed by atoms with E-state index in [1.54, 1.807) is 19.1 Å². The van der Waals surface area contributed by atoms with Crippen molar-refractivity contribution in [1.82, 2.24) is 0 Å². The van der Waals surface area contributed by atoms with Gasteiger partial charge in [0.1, 0.15) is 11.7 Å². The first-order valence-corrected chi connectivity index (χ1v) is 8.47. The molecule has 3 aromatic rings. The first-order valence-electron chi connectivity index (χ1n) is 8.47. The van der Waals surface area contributed by atoms with Gasteiger partial charge < -0.3 is 10.6 Å². The van der Waals surface area contributed by atoms with Crippen LogP contribution in [0.1, 0.15) is 17.2 Å². The molecule has 6 heteroatoms. The Kier molecular flexibility index (Phi) is 5.47. The second kappa shape index (κ2) is 8.14. The van der Waals surface area contributed by atoms with Gasteiger partial charge in [0, 0.05) is 11.8 Å². The molecule has 0 aliphatic carbocycles. The molecule has 0 saturated heterocycles. The molecule has 0 aliphatic heterocycles. The summed E-state index contributed by atoms with van der Waals surface area (Å²) in [6.07, 6.45) is 0. The summed E-state index contributed by atoms with van der Waals surface area (Å²) in [6, 6.07) is 22.6. The molecular weight excluding hydrogens is 342 g/mol. The summed E-state index contributed by atoms with van der Waals surface area (Å²) in [6.45, 7) is 1.77. The Hall–Kier alpha value is -3.67. The van der Waals surface area contributed by atoms with Crippen LogP contribution in [0.3, 0.4) is 0 Å². The van der Waals surface area contributed by atoms with Crippen molar-refractivity contribution in [3.63, 3.8) is 0 Å². The predicted octanol–water partition coefficient (Wildman–Crippen LogP) is 4.70. The normalized spacial score (nSPS) is 11.4. The number of hydrogen-bond acceptors (Lipinski definition) is 4. The molecule has 0 spiro atoms. The molecular formula is C21H19N3O3. The van der Waals surface area contributed by atoms with E-state index in [9.17, 15) is 14.9 Å². The number of carbonyl (C=O) groups excluding carboxylic acids is 1. The zero-order chi connectivity index (χ0) is 19.2. The van der Waals surface area contributed by atoms with Crippen molar-refractivity contribution in [3.05, 3.63) is 100 Å². The predicted molar refractivity (Wildman–Crippen MR) is 106 cm³/mol. The summed E-state index contributed by atoms with van der Waals surface area (Å²) < 4.78 is 0. The van der Waals surface area contributed by atoms with Gasteiger partial charge in [-0.05, 0) is 36.2 Å². The van der Waals surface area contributed by atoms with Gasteiger partial charge in [0.25, 0.3) is 11.6 Å². The molecule has 0 aliphatic rings. The number of hydrogen-bond donors (Lipinski definition) is 2. The minimum Gasteiger partial charge on any atom is -0.370 e. The Morgan fingerprint density at radius 2 is 1.59 bits per heavy atom. The topological polar surface area (TPSA) is 84.3 Å². The van der Waals surface area contributed by atoms with E-state index in [1.165, 1.54) is 6.07 Å². The van der Waals surface area contributed by atoms with Crippen molar-refractivity contribution in [2.75, 3.05) is 10.6 Å². The van der Waals surface area contributed by atoms with E-state index in [-0.39, 0.29) is 17.3 Å². The molecule has 6 nitrogen and oxygen atoms in total. The zero-order valence-corrected chi connectivity index (χ0v) is 14.8. The van der Waals surface area contributed by atoms with E-state index in [4.69, 9.17) is 0 Å². The van der Waals surface area contributed by atoms with Gasteiger partial charge in [-0.2, -0.15) is 0 Å². The van der Waals surface area contributed by atoms with Crippen LogP contribution in [0.25, 0.3) is 0 Å². The van der Waals surface area contributed by atoms with Gasteiger partial charge >= 0.3 is 0 Å². The summed E-state index contributed by atoms with van der Waals surface area (Å²) in [5.74, 6) is -0.378. The van der Waals surface area contributed by atoms with Gasteiger partial charge in [0.05, 0.1) is 4.92 Å². The Bertz CT molecular complexity index is 943. The number of para-hydroxylation sites is 1. The molecule has 136 valence electrons. The van der Waals surface area contributed by atoms with Crippen molar-refractivity contribution in [1.29, 1.82) is 0 Å². The van der Waals surface area contributed by atoms with Crippen LogP contribution in [0.15, 0.2) is 78.9 Å². The minimum atomic E-state index is -0.700. The monoisotopic (exact) mass is 361 g/mol. The Balaban J connectivity index is 1.91. The summed E-state index contributed by atoms with van der Waals surface area (Å²) in [5, 5.41) is 17.2. The highest BCUT2D eigenvalue weighted by atomic mass is 16.6. The second-order valence-electron chi connectivity index (χ2n) is 6.12. The third kappa shape index (κ3) is 4.49. The van der Waals surface area contributed by atoms with Crippen LogP contribution in [-0.4, -0.2) is 10.8 Å². The van der Waals surface area contributed by atoms with Crippen LogP contribution in [0.4, 0.5) is 17.1 Å². The van der Waals surface area contributed by atoms with Crippen molar-refractivity contribution in [2.24, 2.45) is 0 Å². The quantitative estimate of drug-likeness (QED) is 0.492. The van der Waals surface area contributed by atoms with Crippen molar-refractivity contribution < 1.29 is 9.72 Å². The molecule has 27 heavy (non-hydrogen) atoms. The lowest BCUT2D eigenvalue weighted by Crippen LogP contribution is -2.27. The van der Waals surface area contributed by atoms with Crippen LogP contribution < -0.4 is 10.6 Å². The Morgan fingerprint density at radius 3 is 2.22 bits per heavy atom. The maximum Gasteiger partial charge on any atom is 0.293 e. The van der Waals surface area contributed by atoms with Gasteiger partial charge in [0.15, 0.2) is 0 Å².